The van der Waals surface area contributed by atoms with Crippen LogP contribution in [0.3, 0.4) is 0 Å². The molecule has 0 radical (unpaired) electrons. The van der Waals surface area contributed by atoms with Crippen LogP contribution < -0.4 is 10.9 Å². The van der Waals surface area contributed by atoms with Crippen LogP contribution in [0.15, 0.2) is 29.2 Å². The van der Waals surface area contributed by atoms with Crippen molar-refractivity contribution in [3.8, 4) is 0 Å². The number of benzene rings is 1. The van der Waals surface area contributed by atoms with Crippen LogP contribution in [-0.2, 0) is 10.0 Å². The van der Waals surface area contributed by atoms with Gasteiger partial charge in [0.15, 0.2) is 0 Å². The lowest BCUT2D eigenvalue weighted by atomic mass is 10.2. The molecule has 1 fully saturated rings. The first kappa shape index (κ1) is 19.5. The first-order chi connectivity index (χ1) is 12.8. The lowest BCUT2D eigenvalue weighted by Crippen LogP contribution is -2.31. The van der Waals surface area contributed by atoms with Gasteiger partial charge in [0, 0.05) is 24.5 Å². The zero-order valence-electron chi connectivity index (χ0n) is 15.0. The molecule has 0 bridgehead atoms. The monoisotopic (exact) mass is 409 g/mol. The van der Waals surface area contributed by atoms with Crippen LogP contribution in [0, 0.1) is 13.8 Å². The van der Waals surface area contributed by atoms with Crippen LogP contribution in [-0.4, -0.2) is 41.7 Å². The maximum atomic E-state index is 12.7. The van der Waals surface area contributed by atoms with E-state index in [2.05, 4.69) is 20.8 Å². The number of nitrogens with one attached hydrogen (secondary N) is 2. The zero-order valence-corrected chi connectivity index (χ0v) is 16.6. The number of carbonyl (C=O) groups excluding carboxylic acids is 1. The third-order valence-corrected chi connectivity index (χ3v) is 6.38. The predicted molar refractivity (Wildman–Crippen MR) is 102 cm³/mol. The van der Waals surface area contributed by atoms with Gasteiger partial charge in [-0.1, -0.05) is 11.6 Å². The van der Waals surface area contributed by atoms with E-state index in [1.165, 1.54) is 22.5 Å². The number of rotatable bonds is 5. The van der Waals surface area contributed by atoms with Crippen molar-refractivity contribution in [3.63, 3.8) is 0 Å². The second-order valence-corrected chi connectivity index (χ2v) is 8.65. The number of aryl methyl sites for hydroxylation is 2. The van der Waals surface area contributed by atoms with Gasteiger partial charge in [-0.25, -0.2) is 18.4 Å². The molecule has 3 rings (SSSR count). The van der Waals surface area contributed by atoms with Gasteiger partial charge in [-0.05, 0) is 51.0 Å². The third-order valence-electron chi connectivity index (χ3n) is 4.16. The molecule has 0 saturated carbocycles. The van der Waals surface area contributed by atoms with Crippen molar-refractivity contribution in [2.24, 2.45) is 0 Å². The molecule has 2 aromatic rings. The Hall–Kier alpha value is -2.23. The molecule has 2 heterocycles. The van der Waals surface area contributed by atoms with Crippen molar-refractivity contribution in [1.82, 2.24) is 19.7 Å². The van der Waals surface area contributed by atoms with Gasteiger partial charge < -0.3 is 0 Å². The Bertz CT molecular complexity index is 954. The van der Waals surface area contributed by atoms with E-state index in [1.807, 2.05) is 13.8 Å². The highest BCUT2D eigenvalue weighted by Crippen LogP contribution is 2.25. The summed E-state index contributed by atoms with van der Waals surface area (Å²) >= 11 is 6.10. The normalized spacial score (nSPS) is 14.9. The summed E-state index contributed by atoms with van der Waals surface area (Å²) in [6.45, 7) is 4.59. The van der Waals surface area contributed by atoms with Crippen LogP contribution in [0.25, 0.3) is 0 Å². The van der Waals surface area contributed by atoms with E-state index >= 15 is 0 Å². The molecule has 144 valence electrons. The molecule has 10 heteroatoms. The third kappa shape index (κ3) is 4.37. The Morgan fingerprint density at radius 1 is 1.11 bits per heavy atom. The Morgan fingerprint density at radius 2 is 1.74 bits per heavy atom. The average molecular weight is 410 g/mol. The van der Waals surface area contributed by atoms with E-state index in [9.17, 15) is 13.2 Å². The molecule has 27 heavy (non-hydrogen) atoms. The smallest absolute Gasteiger partial charge is 0.267 e. The second kappa shape index (κ2) is 7.79. The predicted octanol–water partition coefficient (Wildman–Crippen LogP) is 2.29. The minimum atomic E-state index is -3.64. The summed E-state index contributed by atoms with van der Waals surface area (Å²) < 4.78 is 26.8. The van der Waals surface area contributed by atoms with Crippen LogP contribution in [0.1, 0.15) is 34.6 Å². The molecule has 1 aliphatic heterocycles. The number of hydrogen-bond donors (Lipinski definition) is 2. The average Bonchev–Trinajstić information content (AvgIpc) is 3.14. The number of carbonyl (C=O) groups is 1. The van der Waals surface area contributed by atoms with Crippen LogP contribution in [0.2, 0.25) is 5.02 Å². The summed E-state index contributed by atoms with van der Waals surface area (Å²) in [5.74, 6) is -0.348. The molecular weight excluding hydrogens is 390 g/mol. The van der Waals surface area contributed by atoms with E-state index in [4.69, 9.17) is 11.6 Å². The molecule has 0 spiro atoms. The number of hydrazine groups is 1. The van der Waals surface area contributed by atoms with Gasteiger partial charge in [0.2, 0.25) is 16.0 Å². The summed E-state index contributed by atoms with van der Waals surface area (Å²) in [7, 11) is -3.64. The summed E-state index contributed by atoms with van der Waals surface area (Å²) in [6.07, 6.45) is 1.67. The number of aromatic nitrogens is 2. The fraction of sp³-hybridized carbons (Fsp3) is 0.353. The summed E-state index contributed by atoms with van der Waals surface area (Å²) in [5.41, 5.74) is 6.62. The lowest BCUT2D eigenvalue weighted by molar-refractivity contribution is 0.0962. The number of amides is 1. The van der Waals surface area contributed by atoms with Crippen molar-refractivity contribution in [2.45, 2.75) is 31.6 Å². The molecule has 1 amide bonds. The molecule has 2 N–H and O–H groups in total. The standard InChI is InChI=1S/C17H20ClN5O3S/c1-11-9-12(2)20-17(19-11)22-21-16(24)14-10-13(5-6-15(14)18)27(25,26)23-7-3-4-8-23/h5-6,9-10H,3-4,7-8H2,1-2H3,(H,21,24)(H,19,20,22). The fourth-order valence-electron chi connectivity index (χ4n) is 2.88. The molecular formula is C17H20ClN5O3S. The molecule has 8 nitrogen and oxygen atoms in total. The SMILES string of the molecule is Cc1cc(C)nc(NNC(=O)c2cc(S(=O)(=O)N3CCCC3)ccc2Cl)n1. The van der Waals surface area contributed by atoms with Crippen molar-refractivity contribution in [1.29, 1.82) is 0 Å². The Kier molecular flexibility index (Phi) is 5.64. The van der Waals surface area contributed by atoms with E-state index < -0.39 is 15.9 Å². The quantitative estimate of drug-likeness (QED) is 0.734. The maximum absolute atomic E-state index is 12.7. The van der Waals surface area contributed by atoms with Gasteiger partial charge in [0.05, 0.1) is 15.5 Å². The summed E-state index contributed by atoms with van der Waals surface area (Å²) in [6, 6.07) is 5.91. The summed E-state index contributed by atoms with van der Waals surface area (Å²) in [4.78, 5) is 20.8. The molecule has 0 atom stereocenters. The lowest BCUT2D eigenvalue weighted by Gasteiger charge is -2.16. The van der Waals surface area contributed by atoms with Crippen molar-refractivity contribution in [2.75, 3.05) is 18.5 Å². The molecule has 1 aromatic heterocycles. The van der Waals surface area contributed by atoms with Gasteiger partial charge in [0.1, 0.15) is 0 Å². The minimum absolute atomic E-state index is 0.0431. The largest absolute Gasteiger partial charge is 0.271 e. The topological polar surface area (TPSA) is 104 Å². The van der Waals surface area contributed by atoms with Crippen molar-refractivity contribution >= 4 is 33.5 Å². The van der Waals surface area contributed by atoms with E-state index in [-0.39, 0.29) is 21.4 Å². The van der Waals surface area contributed by atoms with Gasteiger partial charge in [-0.15, -0.1) is 0 Å². The fourth-order valence-corrected chi connectivity index (χ4v) is 4.63. The minimum Gasteiger partial charge on any atom is -0.267 e. The number of nitrogens with zero attached hydrogens (tertiary/aromatic N) is 3. The van der Waals surface area contributed by atoms with E-state index in [0.717, 1.165) is 24.2 Å². The number of sulfonamides is 1. The second-order valence-electron chi connectivity index (χ2n) is 6.31. The number of anilines is 1. The summed E-state index contributed by atoms with van der Waals surface area (Å²) in [5, 5.41) is 0.149. The zero-order chi connectivity index (χ0) is 19.6. The number of halogens is 1. The maximum Gasteiger partial charge on any atom is 0.271 e. The Labute approximate surface area is 163 Å². The first-order valence-corrected chi connectivity index (χ1v) is 10.3. The highest BCUT2D eigenvalue weighted by molar-refractivity contribution is 7.89. The highest BCUT2D eigenvalue weighted by atomic mass is 35.5. The first-order valence-electron chi connectivity index (χ1n) is 8.46. The van der Waals surface area contributed by atoms with E-state index in [1.54, 1.807) is 6.07 Å². The van der Waals surface area contributed by atoms with Crippen LogP contribution in [0.5, 0.6) is 0 Å². The van der Waals surface area contributed by atoms with Crippen LogP contribution in [0.4, 0.5) is 5.95 Å². The van der Waals surface area contributed by atoms with Gasteiger partial charge in [-0.3, -0.25) is 15.6 Å². The number of hydrogen-bond acceptors (Lipinski definition) is 6. The van der Waals surface area contributed by atoms with Gasteiger partial charge in [-0.2, -0.15) is 4.31 Å². The molecule has 1 saturated heterocycles. The van der Waals surface area contributed by atoms with Crippen molar-refractivity contribution in [3.05, 3.63) is 46.2 Å². The van der Waals surface area contributed by atoms with Crippen LogP contribution >= 0.6 is 11.6 Å². The van der Waals surface area contributed by atoms with E-state index in [0.29, 0.717) is 13.1 Å². The molecule has 0 unspecified atom stereocenters. The Balaban J connectivity index is 1.80. The Morgan fingerprint density at radius 3 is 2.37 bits per heavy atom. The molecule has 0 aliphatic carbocycles. The van der Waals surface area contributed by atoms with Crippen molar-refractivity contribution < 1.29 is 13.2 Å². The van der Waals surface area contributed by atoms with Gasteiger partial charge >= 0.3 is 0 Å². The highest BCUT2D eigenvalue weighted by Gasteiger charge is 2.28. The van der Waals surface area contributed by atoms with Gasteiger partial charge in [0.25, 0.3) is 5.91 Å². The molecule has 1 aromatic carbocycles. The molecule has 1 aliphatic rings.